The van der Waals surface area contributed by atoms with Crippen LogP contribution in [0.4, 0.5) is 0 Å². The summed E-state index contributed by atoms with van der Waals surface area (Å²) in [4.78, 5) is 14.9. The average molecular weight is 625 g/mol. The predicted molar refractivity (Wildman–Crippen MR) is 169 cm³/mol. The smallest absolute Gasteiger partial charge is 0.222 e. The number of rotatable bonds is 18. The van der Waals surface area contributed by atoms with Crippen LogP contribution in [0.5, 0.6) is 11.5 Å². The van der Waals surface area contributed by atoms with Crippen molar-refractivity contribution in [2.45, 2.75) is 77.5 Å². The Bertz CT molecular complexity index is 842. The Hall–Kier alpha value is -1.33. The molecular weight excluding hydrogens is 569 g/mol. The zero-order valence-electron chi connectivity index (χ0n) is 25.5. The summed E-state index contributed by atoms with van der Waals surface area (Å²) in [5, 5.41) is 23.5. The lowest BCUT2D eigenvalue weighted by Gasteiger charge is -2.30. The summed E-state index contributed by atoms with van der Waals surface area (Å²) in [6.45, 7) is 10.4. The van der Waals surface area contributed by atoms with E-state index in [1.54, 1.807) is 14.2 Å². The van der Waals surface area contributed by atoms with Gasteiger partial charge in [0.2, 0.25) is 5.91 Å². The monoisotopic (exact) mass is 623 g/mol. The van der Waals surface area contributed by atoms with Crippen LogP contribution in [0, 0.1) is 17.8 Å². The van der Waals surface area contributed by atoms with Gasteiger partial charge in [0.05, 0.1) is 25.9 Å². The van der Waals surface area contributed by atoms with Gasteiger partial charge < -0.3 is 40.4 Å². The van der Waals surface area contributed by atoms with Gasteiger partial charge in [0, 0.05) is 58.3 Å². The Labute approximate surface area is 259 Å². The molecule has 1 aromatic carbocycles. The van der Waals surface area contributed by atoms with Crippen molar-refractivity contribution in [3.63, 3.8) is 0 Å². The van der Waals surface area contributed by atoms with E-state index >= 15 is 0 Å². The highest BCUT2D eigenvalue weighted by atomic mass is 35.5. The van der Waals surface area contributed by atoms with E-state index in [0.717, 1.165) is 56.6 Å². The molecule has 1 aliphatic heterocycles. The minimum atomic E-state index is -0.758. The number of piperidine rings is 1. The second kappa shape index (κ2) is 21.4. The number of likely N-dealkylation sites (tertiary alicyclic amines) is 1. The molecule has 1 amide bonds. The normalized spacial score (nSPS) is 17.1. The molecule has 0 bridgehead atoms. The topological polar surface area (TPSA) is 127 Å². The van der Waals surface area contributed by atoms with Gasteiger partial charge in [-0.05, 0) is 61.6 Å². The number of amides is 1. The number of halogens is 2. The number of nitrogens with one attached hydrogen (secondary N) is 1. The molecule has 1 heterocycles. The van der Waals surface area contributed by atoms with Crippen LogP contribution in [0.3, 0.4) is 0 Å². The summed E-state index contributed by atoms with van der Waals surface area (Å²) in [6.07, 6.45) is 3.20. The van der Waals surface area contributed by atoms with Crippen LogP contribution in [0.25, 0.3) is 0 Å². The van der Waals surface area contributed by atoms with Crippen molar-refractivity contribution in [1.29, 1.82) is 0 Å². The highest BCUT2D eigenvalue weighted by molar-refractivity contribution is 5.85. The quantitative estimate of drug-likeness (QED) is 0.183. The SMILES string of the molecule is COCCCOc1cc(CC(CC(N)C(O)CC(C)C(=O)NCCN2CCC(O)CC2)C(C)C)ccc1OC.Cl.Cl. The van der Waals surface area contributed by atoms with Crippen LogP contribution >= 0.6 is 24.8 Å². The van der Waals surface area contributed by atoms with E-state index in [0.29, 0.717) is 44.3 Å². The first-order chi connectivity index (χ1) is 18.6. The van der Waals surface area contributed by atoms with Crippen LogP contribution in [0.15, 0.2) is 18.2 Å². The van der Waals surface area contributed by atoms with E-state index in [1.165, 1.54) is 0 Å². The van der Waals surface area contributed by atoms with Gasteiger partial charge in [-0.25, -0.2) is 0 Å². The van der Waals surface area contributed by atoms with Crippen molar-refractivity contribution in [2.75, 3.05) is 53.6 Å². The molecule has 4 unspecified atom stereocenters. The van der Waals surface area contributed by atoms with Gasteiger partial charge in [-0.3, -0.25) is 4.79 Å². The molecule has 11 heteroatoms. The maximum Gasteiger partial charge on any atom is 0.222 e. The van der Waals surface area contributed by atoms with Crippen LogP contribution < -0.4 is 20.5 Å². The summed E-state index contributed by atoms with van der Waals surface area (Å²) in [5.74, 6) is 1.66. The molecule has 240 valence electrons. The standard InChI is InChI=1S/C30H53N3O6.2ClH/c1-21(2)24(18-23-7-8-28(38-5)29(19-23)39-16-6-15-37-4)20-26(31)27(35)17-22(3)30(36)32-11-14-33-12-9-25(34)10-13-33;;/h7-8,19,21-22,24-27,34-35H,6,9-18,20,31H2,1-5H3,(H,32,36);2*1H. The molecule has 0 aliphatic carbocycles. The number of methoxy groups -OCH3 is 2. The average Bonchev–Trinajstić information content (AvgIpc) is 2.91. The van der Waals surface area contributed by atoms with Gasteiger partial charge in [0.15, 0.2) is 11.5 Å². The fourth-order valence-electron chi connectivity index (χ4n) is 5.05. The van der Waals surface area contributed by atoms with Crippen LogP contribution in [-0.2, 0) is 16.0 Å². The molecule has 5 N–H and O–H groups in total. The molecule has 4 atom stereocenters. The first kappa shape index (κ1) is 39.7. The summed E-state index contributed by atoms with van der Waals surface area (Å²) < 4.78 is 16.5. The second-order valence-electron chi connectivity index (χ2n) is 11.4. The third-order valence-electron chi connectivity index (χ3n) is 7.82. The Morgan fingerprint density at radius 2 is 1.78 bits per heavy atom. The summed E-state index contributed by atoms with van der Waals surface area (Å²) in [6, 6.07) is 5.59. The van der Waals surface area contributed by atoms with Crippen molar-refractivity contribution in [3.8, 4) is 11.5 Å². The first-order valence-electron chi connectivity index (χ1n) is 14.5. The molecule has 0 radical (unpaired) electrons. The van der Waals surface area contributed by atoms with E-state index in [4.69, 9.17) is 19.9 Å². The number of nitrogens with two attached hydrogens (primary N) is 1. The zero-order valence-corrected chi connectivity index (χ0v) is 27.2. The van der Waals surface area contributed by atoms with Gasteiger partial charge in [-0.1, -0.05) is 26.8 Å². The Morgan fingerprint density at radius 1 is 1.10 bits per heavy atom. The molecule has 1 fully saturated rings. The number of ether oxygens (including phenoxy) is 3. The number of carbonyl (C=O) groups excluding carboxylic acids is 1. The van der Waals surface area contributed by atoms with Crippen molar-refractivity contribution in [1.82, 2.24) is 10.2 Å². The maximum absolute atomic E-state index is 12.6. The van der Waals surface area contributed by atoms with Crippen LogP contribution in [-0.4, -0.2) is 92.9 Å². The van der Waals surface area contributed by atoms with E-state index in [1.807, 2.05) is 19.1 Å². The van der Waals surface area contributed by atoms with Crippen LogP contribution in [0.1, 0.15) is 58.4 Å². The van der Waals surface area contributed by atoms with Crippen molar-refractivity contribution < 1.29 is 29.2 Å². The fourth-order valence-corrected chi connectivity index (χ4v) is 5.05. The van der Waals surface area contributed by atoms with Gasteiger partial charge in [-0.2, -0.15) is 0 Å². The molecule has 0 spiro atoms. The van der Waals surface area contributed by atoms with Crippen LogP contribution in [0.2, 0.25) is 0 Å². The first-order valence-corrected chi connectivity index (χ1v) is 14.5. The third-order valence-corrected chi connectivity index (χ3v) is 7.82. The van der Waals surface area contributed by atoms with Gasteiger partial charge in [0.25, 0.3) is 0 Å². The summed E-state index contributed by atoms with van der Waals surface area (Å²) >= 11 is 0. The Kier molecular flexibility index (Phi) is 20.7. The lowest BCUT2D eigenvalue weighted by Crippen LogP contribution is -2.43. The highest BCUT2D eigenvalue weighted by Crippen LogP contribution is 2.31. The number of benzene rings is 1. The van der Waals surface area contributed by atoms with E-state index < -0.39 is 12.1 Å². The molecule has 0 saturated carbocycles. The molecule has 1 saturated heterocycles. The van der Waals surface area contributed by atoms with Crippen molar-refractivity contribution in [2.24, 2.45) is 23.5 Å². The Balaban J connectivity index is 0.00000800. The molecule has 41 heavy (non-hydrogen) atoms. The van der Waals surface area contributed by atoms with Crippen molar-refractivity contribution in [3.05, 3.63) is 23.8 Å². The minimum Gasteiger partial charge on any atom is -0.493 e. The highest BCUT2D eigenvalue weighted by Gasteiger charge is 2.26. The van der Waals surface area contributed by atoms with E-state index in [2.05, 4.69) is 30.1 Å². The third kappa shape index (κ3) is 14.6. The van der Waals surface area contributed by atoms with E-state index in [9.17, 15) is 15.0 Å². The Morgan fingerprint density at radius 3 is 2.39 bits per heavy atom. The molecule has 2 rings (SSSR count). The number of hydrogen-bond acceptors (Lipinski definition) is 8. The van der Waals surface area contributed by atoms with Gasteiger partial charge in [0.1, 0.15) is 0 Å². The lowest BCUT2D eigenvalue weighted by molar-refractivity contribution is -0.125. The molecular formula is C30H55Cl2N3O6. The molecule has 1 aliphatic rings. The molecule has 1 aromatic rings. The maximum atomic E-state index is 12.6. The number of aliphatic hydroxyl groups is 2. The zero-order chi connectivity index (χ0) is 28.8. The summed E-state index contributed by atoms with van der Waals surface area (Å²) in [5.41, 5.74) is 7.60. The number of aliphatic hydroxyl groups excluding tert-OH is 2. The van der Waals surface area contributed by atoms with E-state index in [-0.39, 0.29) is 48.7 Å². The van der Waals surface area contributed by atoms with Crippen molar-refractivity contribution >= 4 is 30.7 Å². The second-order valence-corrected chi connectivity index (χ2v) is 11.4. The summed E-state index contributed by atoms with van der Waals surface area (Å²) in [7, 11) is 3.31. The predicted octanol–water partition coefficient (Wildman–Crippen LogP) is 3.45. The molecule has 9 nitrogen and oxygen atoms in total. The number of hydrogen-bond donors (Lipinski definition) is 4. The van der Waals surface area contributed by atoms with Gasteiger partial charge in [-0.15, -0.1) is 24.8 Å². The number of nitrogens with zero attached hydrogens (tertiary/aromatic N) is 1. The van der Waals surface area contributed by atoms with Gasteiger partial charge >= 0.3 is 0 Å². The minimum absolute atomic E-state index is 0. The lowest BCUT2D eigenvalue weighted by atomic mass is 9.82. The largest absolute Gasteiger partial charge is 0.493 e. The molecule has 0 aromatic heterocycles. The number of carbonyl (C=O) groups is 1. The fraction of sp³-hybridized carbons (Fsp3) is 0.767.